The molecule has 0 saturated carbocycles. The third-order valence-electron chi connectivity index (χ3n) is 7.14. The van der Waals surface area contributed by atoms with Crippen LogP contribution in [0.4, 0.5) is 5.82 Å². The maximum Gasteiger partial charge on any atom is 0.196 e. The minimum atomic E-state index is -2.12. The Morgan fingerprint density at radius 2 is 1.37 bits per heavy atom. The first kappa shape index (κ1) is 29.9. The number of hydrogen-bond acceptors (Lipinski definition) is 8. The smallest absolute Gasteiger partial charge is 0.196 e. The van der Waals surface area contributed by atoms with Gasteiger partial charge < -0.3 is 30.2 Å². The van der Waals surface area contributed by atoms with Crippen LogP contribution in [-0.2, 0) is 39.6 Å². The van der Waals surface area contributed by atoms with Gasteiger partial charge in [-0.25, -0.2) is 9.50 Å². The van der Waals surface area contributed by atoms with Crippen LogP contribution >= 0.6 is 0 Å². The van der Waals surface area contributed by atoms with E-state index in [0.29, 0.717) is 5.52 Å². The second-order valence-electron chi connectivity index (χ2n) is 10.1. The number of aromatic nitrogens is 3. The monoisotopic (exact) mass is 578 g/mol. The van der Waals surface area contributed by atoms with E-state index in [9.17, 15) is 10.2 Å². The Labute approximate surface area is 250 Å². The highest BCUT2D eigenvalue weighted by Gasteiger charge is 2.48. The van der Waals surface area contributed by atoms with E-state index in [2.05, 4.69) is 16.0 Å². The van der Waals surface area contributed by atoms with Crippen LogP contribution in [-0.4, -0.2) is 49.7 Å². The molecular weight excluding hydrogens is 544 g/mol. The normalized spacial score (nSPS) is 14.9. The fraction of sp³-hybridized carbons (Fsp3) is 0.235. The summed E-state index contributed by atoms with van der Waals surface area (Å²) in [5.74, 6) is 2.74. The van der Waals surface area contributed by atoms with Gasteiger partial charge in [0.15, 0.2) is 11.4 Å². The minimum absolute atomic E-state index is 0.0821. The largest absolute Gasteiger partial charge is 0.388 e. The molecule has 4 N–H and O–H groups in total. The van der Waals surface area contributed by atoms with E-state index in [1.807, 2.05) is 91.0 Å². The van der Waals surface area contributed by atoms with E-state index in [-0.39, 0.29) is 37.9 Å². The molecule has 0 unspecified atom stereocenters. The van der Waals surface area contributed by atoms with E-state index < -0.39 is 23.9 Å². The van der Waals surface area contributed by atoms with Crippen molar-refractivity contribution in [2.45, 2.75) is 43.7 Å². The number of nitrogen functional groups attached to an aromatic ring is 1. The number of fused-ring (bicyclic) bond motifs is 1. The van der Waals surface area contributed by atoms with E-state index >= 15 is 0 Å². The SMILES string of the molecule is C#C[C@@](O)(c1ccc2c(N)ncnn12)[C@H](OCc1ccccc1)[C@H](OCc1ccccc1)[C@H](O)COCc1ccccc1. The van der Waals surface area contributed by atoms with E-state index in [1.165, 1.54) is 10.8 Å². The van der Waals surface area contributed by atoms with Crippen LogP contribution in [0.15, 0.2) is 109 Å². The predicted molar refractivity (Wildman–Crippen MR) is 162 cm³/mol. The molecule has 2 aromatic heterocycles. The molecule has 0 spiro atoms. The second-order valence-corrected chi connectivity index (χ2v) is 10.1. The Morgan fingerprint density at radius 3 is 1.95 bits per heavy atom. The second kappa shape index (κ2) is 14.1. The lowest BCUT2D eigenvalue weighted by Gasteiger charge is -2.38. The number of ether oxygens (including phenoxy) is 3. The number of nitrogens with zero attached hydrogens (tertiary/aromatic N) is 3. The fourth-order valence-electron chi connectivity index (χ4n) is 4.89. The molecule has 5 aromatic rings. The van der Waals surface area contributed by atoms with Gasteiger partial charge in [0.2, 0.25) is 0 Å². The van der Waals surface area contributed by atoms with Gasteiger partial charge >= 0.3 is 0 Å². The number of hydrogen-bond donors (Lipinski definition) is 3. The van der Waals surface area contributed by atoms with Gasteiger partial charge in [0.25, 0.3) is 0 Å². The number of rotatable bonds is 14. The Morgan fingerprint density at radius 1 is 0.814 bits per heavy atom. The molecule has 9 heteroatoms. The fourth-order valence-corrected chi connectivity index (χ4v) is 4.89. The molecule has 0 amide bonds. The predicted octanol–water partition coefficient (Wildman–Crippen LogP) is 3.88. The van der Waals surface area contributed by atoms with Gasteiger partial charge in [-0.05, 0) is 28.8 Å². The Hall–Kier alpha value is -4.56. The van der Waals surface area contributed by atoms with Gasteiger partial charge in [0, 0.05) is 0 Å². The average Bonchev–Trinajstić information content (AvgIpc) is 3.50. The zero-order valence-corrected chi connectivity index (χ0v) is 23.6. The molecule has 0 aliphatic rings. The van der Waals surface area contributed by atoms with Crippen molar-refractivity contribution in [2.24, 2.45) is 0 Å². The Bertz CT molecular complexity index is 1630. The number of nitrogens with two attached hydrogens (primary N) is 1. The standard InChI is InChI=1S/C34H34N4O5/c1-2-34(40,30-19-18-28-33(35)36-24-37-38(28)30)32(43-22-27-16-10-5-11-17-27)31(42-21-26-14-8-4-9-15-26)29(39)23-41-20-25-12-6-3-7-13-25/h1,3-19,24,29,31-32,39-40H,20-23H2,(H2,35,36,37)/t29-,31-,32-,34-/m1/s1. The molecule has 43 heavy (non-hydrogen) atoms. The molecule has 5 rings (SSSR count). The topological polar surface area (TPSA) is 124 Å². The molecule has 0 bridgehead atoms. The van der Waals surface area contributed by atoms with Gasteiger partial charge in [0.05, 0.1) is 32.1 Å². The lowest BCUT2D eigenvalue weighted by Crippen LogP contribution is -2.54. The van der Waals surface area contributed by atoms with Crippen molar-refractivity contribution in [3.05, 3.63) is 132 Å². The van der Waals surface area contributed by atoms with E-state index in [4.69, 9.17) is 26.4 Å². The summed E-state index contributed by atoms with van der Waals surface area (Å²) in [6, 6.07) is 31.9. The molecule has 9 nitrogen and oxygen atoms in total. The number of aliphatic hydroxyl groups is 2. The third kappa shape index (κ3) is 7.09. The van der Waals surface area contributed by atoms with Crippen LogP contribution < -0.4 is 5.73 Å². The lowest BCUT2D eigenvalue weighted by molar-refractivity contribution is -0.196. The molecule has 0 saturated heterocycles. The van der Waals surface area contributed by atoms with Crippen molar-refractivity contribution in [3.8, 4) is 12.3 Å². The van der Waals surface area contributed by atoms with Crippen LogP contribution in [0, 0.1) is 12.3 Å². The van der Waals surface area contributed by atoms with Crippen LogP contribution in [0.5, 0.6) is 0 Å². The molecule has 2 heterocycles. The maximum absolute atomic E-state index is 12.3. The van der Waals surface area contributed by atoms with Crippen LogP contribution in [0.25, 0.3) is 5.52 Å². The highest BCUT2D eigenvalue weighted by atomic mass is 16.6. The molecule has 0 aliphatic carbocycles. The van der Waals surface area contributed by atoms with Crippen molar-refractivity contribution in [1.29, 1.82) is 0 Å². The first-order valence-electron chi connectivity index (χ1n) is 13.9. The number of terminal acetylenes is 1. The van der Waals surface area contributed by atoms with Crippen molar-refractivity contribution in [2.75, 3.05) is 12.3 Å². The molecular formula is C34H34N4O5. The van der Waals surface area contributed by atoms with Gasteiger partial charge in [-0.15, -0.1) is 6.42 Å². The zero-order valence-electron chi connectivity index (χ0n) is 23.6. The molecule has 0 aliphatic heterocycles. The highest BCUT2D eigenvalue weighted by Crippen LogP contribution is 2.34. The third-order valence-corrected chi connectivity index (χ3v) is 7.14. The first-order valence-corrected chi connectivity index (χ1v) is 13.9. The summed E-state index contributed by atoms with van der Waals surface area (Å²) in [5.41, 5.74) is 7.28. The summed E-state index contributed by atoms with van der Waals surface area (Å²) in [6.07, 6.45) is 3.72. The lowest BCUT2D eigenvalue weighted by atomic mass is 9.87. The van der Waals surface area contributed by atoms with Crippen molar-refractivity contribution in [1.82, 2.24) is 14.6 Å². The average molecular weight is 579 g/mol. The van der Waals surface area contributed by atoms with Gasteiger partial charge in [-0.1, -0.05) is 96.9 Å². The van der Waals surface area contributed by atoms with Gasteiger partial charge in [0.1, 0.15) is 30.2 Å². The number of benzene rings is 3. The van der Waals surface area contributed by atoms with E-state index in [1.54, 1.807) is 12.1 Å². The summed E-state index contributed by atoms with van der Waals surface area (Å²) in [5, 5.41) is 28.2. The first-order chi connectivity index (χ1) is 21.0. The van der Waals surface area contributed by atoms with E-state index in [0.717, 1.165) is 16.7 Å². The molecule has 4 atom stereocenters. The summed E-state index contributed by atoms with van der Waals surface area (Å²) < 4.78 is 20.1. The van der Waals surface area contributed by atoms with Gasteiger partial charge in [-0.3, -0.25) is 0 Å². The number of anilines is 1. The molecule has 0 radical (unpaired) electrons. The van der Waals surface area contributed by atoms with Crippen molar-refractivity contribution >= 4 is 11.3 Å². The summed E-state index contributed by atoms with van der Waals surface area (Å²) in [6.45, 7) is 0.373. The highest BCUT2D eigenvalue weighted by molar-refractivity contribution is 5.66. The van der Waals surface area contributed by atoms with Crippen LogP contribution in [0.1, 0.15) is 22.4 Å². The molecule has 220 valence electrons. The molecule has 0 fully saturated rings. The summed E-state index contributed by atoms with van der Waals surface area (Å²) >= 11 is 0. The molecule has 3 aromatic carbocycles. The zero-order chi connectivity index (χ0) is 30.1. The Kier molecular flexibility index (Phi) is 9.79. The van der Waals surface area contributed by atoms with Crippen LogP contribution in [0.3, 0.4) is 0 Å². The van der Waals surface area contributed by atoms with Gasteiger partial charge in [-0.2, -0.15) is 5.10 Å². The van der Waals surface area contributed by atoms with Crippen molar-refractivity contribution < 1.29 is 24.4 Å². The Balaban J connectivity index is 1.51. The summed E-state index contributed by atoms with van der Waals surface area (Å²) in [4.78, 5) is 4.03. The van der Waals surface area contributed by atoms with Crippen LogP contribution in [0.2, 0.25) is 0 Å². The maximum atomic E-state index is 12.3. The minimum Gasteiger partial charge on any atom is -0.388 e. The quantitative estimate of drug-likeness (QED) is 0.170. The summed E-state index contributed by atoms with van der Waals surface area (Å²) in [7, 11) is 0. The number of aliphatic hydroxyl groups excluding tert-OH is 1. The van der Waals surface area contributed by atoms with Crippen molar-refractivity contribution in [3.63, 3.8) is 0 Å².